The molecule has 0 aromatic heterocycles. The van der Waals surface area contributed by atoms with Gasteiger partial charge in [0, 0.05) is 6.42 Å². The first kappa shape index (κ1) is 24.1. The Labute approximate surface area is 170 Å². The van der Waals surface area contributed by atoms with Gasteiger partial charge in [0.15, 0.2) is 11.5 Å². The zero-order valence-corrected chi connectivity index (χ0v) is 17.5. The van der Waals surface area contributed by atoms with E-state index in [0.717, 1.165) is 25.7 Å². The third kappa shape index (κ3) is 11.7. The summed E-state index contributed by atoms with van der Waals surface area (Å²) in [4.78, 5) is 11.8. The van der Waals surface area contributed by atoms with E-state index in [1.165, 1.54) is 76.0 Å². The molecule has 0 spiro atoms. The lowest BCUT2D eigenvalue weighted by Crippen LogP contribution is -2.07. The number of carbonyl (C=O) groups is 1. The predicted octanol–water partition coefficient (Wildman–Crippen LogP) is 7.04. The van der Waals surface area contributed by atoms with E-state index in [4.69, 9.17) is 4.74 Å². The third-order valence-electron chi connectivity index (χ3n) is 4.84. The van der Waals surface area contributed by atoms with Crippen molar-refractivity contribution in [2.45, 2.75) is 96.8 Å². The molecule has 0 atom stereocenters. The summed E-state index contributed by atoms with van der Waals surface area (Å²) in [7, 11) is 0. The maximum atomic E-state index is 11.8. The fraction of sp³-hybridized carbons (Fsp3) is 0.625. The summed E-state index contributed by atoms with van der Waals surface area (Å²) in [5.41, 5.74) is 0. The summed E-state index contributed by atoms with van der Waals surface area (Å²) in [6.45, 7) is 2.25. The van der Waals surface area contributed by atoms with Crippen LogP contribution in [-0.4, -0.2) is 16.2 Å². The smallest absolute Gasteiger partial charge is 0.311 e. The van der Waals surface area contributed by atoms with E-state index in [1.807, 2.05) is 0 Å². The van der Waals surface area contributed by atoms with E-state index < -0.39 is 0 Å². The summed E-state index contributed by atoms with van der Waals surface area (Å²) in [6.07, 6.45) is 20.7. The van der Waals surface area contributed by atoms with Crippen molar-refractivity contribution in [1.29, 1.82) is 0 Å². The molecule has 0 bridgehead atoms. The van der Waals surface area contributed by atoms with Crippen LogP contribution in [0.3, 0.4) is 0 Å². The van der Waals surface area contributed by atoms with Crippen LogP contribution in [0.5, 0.6) is 17.2 Å². The van der Waals surface area contributed by atoms with Crippen molar-refractivity contribution in [3.8, 4) is 17.2 Å². The second-order valence-electron chi connectivity index (χ2n) is 7.43. The lowest BCUT2D eigenvalue weighted by molar-refractivity contribution is -0.134. The first-order chi connectivity index (χ1) is 13.6. The summed E-state index contributed by atoms with van der Waals surface area (Å²) < 4.78 is 5.09. The first-order valence-electron chi connectivity index (χ1n) is 11.0. The lowest BCUT2D eigenvalue weighted by Gasteiger charge is -2.07. The van der Waals surface area contributed by atoms with Crippen molar-refractivity contribution in [3.63, 3.8) is 0 Å². The van der Waals surface area contributed by atoms with Crippen molar-refractivity contribution in [1.82, 2.24) is 0 Å². The molecule has 158 valence electrons. The van der Waals surface area contributed by atoms with Crippen molar-refractivity contribution in [2.24, 2.45) is 0 Å². The molecule has 0 aliphatic heterocycles. The molecule has 0 amide bonds. The number of carbonyl (C=O) groups excluding carboxylic acids is 1. The molecule has 1 aromatic carbocycles. The first-order valence-corrected chi connectivity index (χ1v) is 11.0. The van der Waals surface area contributed by atoms with E-state index in [0.29, 0.717) is 6.42 Å². The molecular formula is C24H38O4. The van der Waals surface area contributed by atoms with E-state index in [1.54, 1.807) is 0 Å². The number of para-hydroxylation sites is 1. The molecule has 0 unspecified atom stereocenters. The van der Waals surface area contributed by atoms with Crippen molar-refractivity contribution >= 4 is 5.97 Å². The van der Waals surface area contributed by atoms with E-state index in [9.17, 15) is 15.0 Å². The number of allylic oxidation sites excluding steroid dienone is 2. The minimum atomic E-state index is -0.389. The second-order valence-corrected chi connectivity index (χ2v) is 7.43. The molecule has 0 aliphatic rings. The summed E-state index contributed by atoms with van der Waals surface area (Å²) in [5.74, 6) is -1.04. The van der Waals surface area contributed by atoms with Gasteiger partial charge in [-0.2, -0.15) is 0 Å². The molecule has 1 rings (SSSR count). The number of phenols is 2. The average molecular weight is 391 g/mol. The fourth-order valence-corrected chi connectivity index (χ4v) is 3.11. The highest BCUT2D eigenvalue weighted by Crippen LogP contribution is 2.34. The maximum absolute atomic E-state index is 11.8. The predicted molar refractivity (Wildman–Crippen MR) is 115 cm³/mol. The van der Waals surface area contributed by atoms with Gasteiger partial charge in [0.05, 0.1) is 0 Å². The molecule has 1 aromatic rings. The summed E-state index contributed by atoms with van der Waals surface area (Å²) in [6, 6.07) is 4.34. The highest BCUT2D eigenvalue weighted by Gasteiger charge is 2.11. The Bertz CT molecular complexity index is 566. The molecule has 0 radical (unpaired) electrons. The Morgan fingerprint density at radius 3 is 2.07 bits per heavy atom. The second kappa shape index (κ2) is 16.0. The number of ether oxygens (including phenoxy) is 1. The van der Waals surface area contributed by atoms with Gasteiger partial charge in [-0.05, 0) is 44.2 Å². The molecule has 2 N–H and O–H groups in total. The van der Waals surface area contributed by atoms with Crippen molar-refractivity contribution in [3.05, 3.63) is 30.4 Å². The van der Waals surface area contributed by atoms with Crippen LogP contribution in [0, 0.1) is 0 Å². The van der Waals surface area contributed by atoms with Crippen LogP contribution < -0.4 is 4.74 Å². The number of phenolic OH excluding ortho intramolecular Hbond substituents is 2. The van der Waals surface area contributed by atoms with Crippen LogP contribution in [0.4, 0.5) is 0 Å². The lowest BCUT2D eigenvalue weighted by atomic mass is 10.1. The Balaban J connectivity index is 1.93. The zero-order valence-electron chi connectivity index (χ0n) is 17.5. The van der Waals surface area contributed by atoms with Crippen LogP contribution in [0.1, 0.15) is 96.8 Å². The molecular weight excluding hydrogens is 352 g/mol. The van der Waals surface area contributed by atoms with Crippen molar-refractivity contribution in [2.75, 3.05) is 0 Å². The number of rotatable bonds is 16. The molecule has 28 heavy (non-hydrogen) atoms. The normalized spacial score (nSPS) is 11.2. The van der Waals surface area contributed by atoms with Gasteiger partial charge in [0.25, 0.3) is 0 Å². The van der Waals surface area contributed by atoms with Crippen LogP contribution in [0.15, 0.2) is 30.4 Å². The number of hydrogen-bond acceptors (Lipinski definition) is 4. The highest BCUT2D eigenvalue weighted by molar-refractivity contribution is 5.73. The molecule has 0 saturated carbocycles. The molecule has 0 saturated heterocycles. The van der Waals surface area contributed by atoms with Crippen LogP contribution in [-0.2, 0) is 4.79 Å². The van der Waals surface area contributed by atoms with Gasteiger partial charge in [0.2, 0.25) is 5.75 Å². The Morgan fingerprint density at radius 2 is 1.43 bits per heavy atom. The van der Waals surface area contributed by atoms with E-state index in [2.05, 4.69) is 19.1 Å². The summed E-state index contributed by atoms with van der Waals surface area (Å²) >= 11 is 0. The van der Waals surface area contributed by atoms with E-state index in [-0.39, 0.29) is 23.2 Å². The zero-order chi connectivity index (χ0) is 20.5. The number of esters is 1. The quantitative estimate of drug-likeness (QED) is 0.104. The SMILES string of the molecule is CCCCCCCC/C=C\CCCCCCCC(=O)Oc1cccc(O)c1O. The van der Waals surface area contributed by atoms with Gasteiger partial charge in [0.1, 0.15) is 0 Å². The van der Waals surface area contributed by atoms with E-state index >= 15 is 0 Å². The third-order valence-corrected chi connectivity index (χ3v) is 4.84. The molecule has 0 aliphatic carbocycles. The minimum Gasteiger partial charge on any atom is -0.504 e. The van der Waals surface area contributed by atoms with Gasteiger partial charge in [-0.15, -0.1) is 0 Å². The minimum absolute atomic E-state index is 0.0118. The van der Waals surface area contributed by atoms with Gasteiger partial charge >= 0.3 is 5.97 Å². The number of benzene rings is 1. The summed E-state index contributed by atoms with van der Waals surface area (Å²) in [5, 5.41) is 19.0. The van der Waals surface area contributed by atoms with Crippen LogP contribution >= 0.6 is 0 Å². The van der Waals surface area contributed by atoms with Gasteiger partial charge in [-0.1, -0.05) is 76.5 Å². The molecule has 0 heterocycles. The number of unbranched alkanes of at least 4 members (excludes halogenated alkanes) is 11. The van der Waals surface area contributed by atoms with Crippen LogP contribution in [0.2, 0.25) is 0 Å². The standard InChI is InChI=1S/C24H38O4/c1-2-3-4-5-6-7-8-9-10-11-12-13-14-15-16-20-23(26)28-22-19-17-18-21(25)24(22)27/h9-10,17-19,25,27H,2-8,11-16,20H2,1H3/b10-9-. The topological polar surface area (TPSA) is 66.8 Å². The van der Waals surface area contributed by atoms with Gasteiger partial charge < -0.3 is 14.9 Å². The van der Waals surface area contributed by atoms with Gasteiger partial charge in [-0.3, -0.25) is 4.79 Å². The monoisotopic (exact) mass is 390 g/mol. The average Bonchev–Trinajstić information content (AvgIpc) is 2.68. The van der Waals surface area contributed by atoms with Gasteiger partial charge in [-0.25, -0.2) is 0 Å². The molecule has 0 fully saturated rings. The fourth-order valence-electron chi connectivity index (χ4n) is 3.11. The highest BCUT2D eigenvalue weighted by atomic mass is 16.5. The Hall–Kier alpha value is -1.97. The van der Waals surface area contributed by atoms with Crippen molar-refractivity contribution < 1.29 is 19.7 Å². The Kier molecular flexibility index (Phi) is 13.8. The molecule has 4 nitrogen and oxygen atoms in total. The number of hydrogen-bond donors (Lipinski definition) is 2. The number of aromatic hydroxyl groups is 2. The largest absolute Gasteiger partial charge is 0.504 e. The molecule has 4 heteroatoms. The maximum Gasteiger partial charge on any atom is 0.311 e. The van der Waals surface area contributed by atoms with Crippen LogP contribution in [0.25, 0.3) is 0 Å². The Morgan fingerprint density at radius 1 is 0.857 bits per heavy atom.